The molecule has 1 saturated carbocycles. The van der Waals surface area contributed by atoms with E-state index >= 15 is 0 Å². The predicted molar refractivity (Wildman–Crippen MR) is 112 cm³/mol. The van der Waals surface area contributed by atoms with Gasteiger partial charge in [-0.15, -0.1) is 11.3 Å². The first-order valence-electron chi connectivity index (χ1n) is 9.36. The number of nitrogens with zero attached hydrogens (tertiary/aromatic N) is 1. The lowest BCUT2D eigenvalue weighted by Crippen LogP contribution is -2.48. The van der Waals surface area contributed by atoms with Crippen LogP contribution in [-0.2, 0) is 13.0 Å². The first-order valence-corrected chi connectivity index (χ1v) is 10.6. The maximum absolute atomic E-state index is 5.85. The maximum Gasteiger partial charge on any atom is 0.169 e. The van der Waals surface area contributed by atoms with Gasteiger partial charge in [-0.2, -0.15) is 0 Å². The monoisotopic (exact) mass is 372 g/mol. The molecule has 3 rings (SSSR count). The van der Waals surface area contributed by atoms with Gasteiger partial charge in [0.25, 0.3) is 0 Å². The molecule has 1 aliphatic rings. The zero-order valence-electron chi connectivity index (χ0n) is 15.0. The number of thiophene rings is 1. The maximum atomic E-state index is 5.85. The Balaban J connectivity index is 1.69. The average Bonchev–Trinajstić information content (AvgIpc) is 3.14. The van der Waals surface area contributed by atoms with Crippen molar-refractivity contribution in [3.8, 4) is 0 Å². The molecule has 4 heteroatoms. The minimum absolute atomic E-state index is 0.377. The van der Waals surface area contributed by atoms with E-state index in [1.807, 2.05) is 11.3 Å². The van der Waals surface area contributed by atoms with Crippen molar-refractivity contribution >= 4 is 28.7 Å². The molecule has 0 amide bonds. The van der Waals surface area contributed by atoms with Crippen LogP contribution >= 0.6 is 23.6 Å². The molecule has 1 aromatic heterocycles. The number of nitrogens with one attached hydrogen (secondary N) is 1. The van der Waals surface area contributed by atoms with Crippen molar-refractivity contribution in [2.24, 2.45) is 0 Å². The van der Waals surface area contributed by atoms with Crippen molar-refractivity contribution < 1.29 is 0 Å². The quantitative estimate of drug-likeness (QED) is 0.685. The van der Waals surface area contributed by atoms with E-state index < -0.39 is 0 Å². The fourth-order valence-electron chi connectivity index (χ4n) is 3.54. The third-order valence-electron chi connectivity index (χ3n) is 5.00. The van der Waals surface area contributed by atoms with Gasteiger partial charge < -0.3 is 10.2 Å². The van der Waals surface area contributed by atoms with Crippen LogP contribution in [0.2, 0.25) is 0 Å². The summed E-state index contributed by atoms with van der Waals surface area (Å²) in [5.74, 6) is 0. The molecular formula is C21H28N2S2. The van der Waals surface area contributed by atoms with Gasteiger partial charge in [0.2, 0.25) is 0 Å². The summed E-state index contributed by atoms with van der Waals surface area (Å²) >= 11 is 7.68. The molecule has 0 radical (unpaired) electrons. The van der Waals surface area contributed by atoms with Gasteiger partial charge in [-0.1, -0.05) is 55.7 Å². The Labute approximate surface area is 161 Å². The summed E-state index contributed by atoms with van der Waals surface area (Å²) in [5, 5.41) is 6.73. The van der Waals surface area contributed by atoms with Gasteiger partial charge >= 0.3 is 0 Å². The standard InChI is InChI=1S/C21H28N2S2/c1-17(15-20-13-8-14-25-20)23(16-18-9-4-2-5-10-18)21(24)22-19-11-6-3-7-12-19/h2,4-5,8-10,13-14,17,19H,3,6-7,11-12,15-16H2,1H3,(H,22,24)/t17-/m1/s1. The highest BCUT2D eigenvalue weighted by Crippen LogP contribution is 2.20. The molecule has 134 valence electrons. The Bertz CT molecular complexity index is 633. The predicted octanol–water partition coefficient (Wildman–Crippen LogP) is 5.39. The van der Waals surface area contributed by atoms with Crippen molar-refractivity contribution in [1.82, 2.24) is 10.2 Å². The Morgan fingerprint density at radius 2 is 1.92 bits per heavy atom. The highest BCUT2D eigenvalue weighted by atomic mass is 32.1. The number of rotatable bonds is 6. The number of thiocarbonyl (C=S) groups is 1. The summed E-state index contributed by atoms with van der Waals surface area (Å²) in [6, 6.07) is 15.9. The van der Waals surface area contributed by atoms with E-state index in [4.69, 9.17) is 12.2 Å². The smallest absolute Gasteiger partial charge is 0.169 e. The molecule has 1 atom stereocenters. The fourth-order valence-corrected chi connectivity index (χ4v) is 4.78. The Hall–Kier alpha value is -1.39. The molecule has 25 heavy (non-hydrogen) atoms. The minimum Gasteiger partial charge on any atom is -0.360 e. The minimum atomic E-state index is 0.377. The second-order valence-corrected chi connectivity index (χ2v) is 8.45. The normalized spacial score (nSPS) is 16.4. The highest BCUT2D eigenvalue weighted by Gasteiger charge is 2.21. The van der Waals surface area contributed by atoms with Crippen molar-refractivity contribution in [3.63, 3.8) is 0 Å². The second-order valence-electron chi connectivity index (χ2n) is 7.03. The first kappa shape index (κ1) is 18.4. The van der Waals surface area contributed by atoms with E-state index in [0.717, 1.165) is 18.1 Å². The Morgan fingerprint density at radius 3 is 2.60 bits per heavy atom. The van der Waals surface area contributed by atoms with Crippen molar-refractivity contribution in [2.75, 3.05) is 0 Å². The van der Waals surface area contributed by atoms with Gasteiger partial charge in [0.1, 0.15) is 0 Å². The molecule has 0 spiro atoms. The van der Waals surface area contributed by atoms with Gasteiger partial charge in [-0.05, 0) is 49.0 Å². The third kappa shape index (κ3) is 5.55. The van der Waals surface area contributed by atoms with Crippen molar-refractivity contribution in [3.05, 3.63) is 58.3 Å². The zero-order chi connectivity index (χ0) is 17.5. The third-order valence-corrected chi connectivity index (χ3v) is 6.25. The molecule has 0 bridgehead atoms. The molecule has 1 aromatic carbocycles. The van der Waals surface area contributed by atoms with Crippen LogP contribution in [-0.4, -0.2) is 22.1 Å². The van der Waals surface area contributed by atoms with Crippen molar-refractivity contribution in [1.29, 1.82) is 0 Å². The van der Waals surface area contributed by atoms with Crippen LogP contribution in [0.25, 0.3) is 0 Å². The van der Waals surface area contributed by atoms with Gasteiger partial charge in [0, 0.05) is 29.9 Å². The first-order chi connectivity index (χ1) is 12.2. The summed E-state index contributed by atoms with van der Waals surface area (Å²) in [5.41, 5.74) is 1.31. The summed E-state index contributed by atoms with van der Waals surface area (Å²) in [7, 11) is 0. The van der Waals surface area contributed by atoms with Crippen LogP contribution in [0, 0.1) is 0 Å². The van der Waals surface area contributed by atoms with E-state index in [0.29, 0.717) is 12.1 Å². The van der Waals surface area contributed by atoms with Crippen LogP contribution in [0.5, 0.6) is 0 Å². The molecule has 1 fully saturated rings. The van der Waals surface area contributed by atoms with Crippen LogP contribution < -0.4 is 5.32 Å². The summed E-state index contributed by atoms with van der Waals surface area (Å²) in [6.45, 7) is 3.16. The lowest BCUT2D eigenvalue weighted by Gasteiger charge is -2.35. The number of hydrogen-bond acceptors (Lipinski definition) is 2. The summed E-state index contributed by atoms with van der Waals surface area (Å²) in [4.78, 5) is 3.80. The topological polar surface area (TPSA) is 15.3 Å². The van der Waals surface area contributed by atoms with E-state index in [1.165, 1.54) is 42.5 Å². The molecule has 2 aromatic rings. The Kier molecular flexibility index (Phi) is 6.88. The average molecular weight is 373 g/mol. The van der Waals surface area contributed by atoms with Crippen LogP contribution in [0.15, 0.2) is 47.8 Å². The SMILES string of the molecule is C[C@H](Cc1cccs1)N(Cc1ccccc1)C(=S)NC1CCCCC1. The summed E-state index contributed by atoms with van der Waals surface area (Å²) < 4.78 is 0. The molecular weight excluding hydrogens is 344 g/mol. The van der Waals surface area contributed by atoms with Crippen molar-refractivity contribution in [2.45, 2.75) is 64.1 Å². The van der Waals surface area contributed by atoms with Gasteiger partial charge in [0.15, 0.2) is 5.11 Å². The molecule has 0 unspecified atom stereocenters. The van der Waals surface area contributed by atoms with Gasteiger partial charge in [0.05, 0.1) is 0 Å². The van der Waals surface area contributed by atoms with E-state index in [2.05, 4.69) is 65.0 Å². The second kappa shape index (κ2) is 9.35. The molecule has 2 nitrogen and oxygen atoms in total. The number of benzene rings is 1. The van der Waals surface area contributed by atoms with E-state index in [-0.39, 0.29) is 0 Å². The number of hydrogen-bond donors (Lipinski definition) is 1. The van der Waals surface area contributed by atoms with Gasteiger partial charge in [-0.25, -0.2) is 0 Å². The molecule has 1 N–H and O–H groups in total. The fraction of sp³-hybridized carbons (Fsp3) is 0.476. The van der Waals surface area contributed by atoms with Crippen LogP contribution in [0.4, 0.5) is 0 Å². The Morgan fingerprint density at radius 1 is 1.16 bits per heavy atom. The van der Waals surface area contributed by atoms with Crippen LogP contribution in [0.3, 0.4) is 0 Å². The lowest BCUT2D eigenvalue weighted by atomic mass is 9.96. The largest absolute Gasteiger partial charge is 0.360 e. The van der Waals surface area contributed by atoms with Gasteiger partial charge in [-0.3, -0.25) is 0 Å². The molecule has 1 aliphatic carbocycles. The molecule has 0 aliphatic heterocycles. The zero-order valence-corrected chi connectivity index (χ0v) is 16.6. The lowest BCUT2D eigenvalue weighted by molar-refractivity contribution is 0.305. The summed E-state index contributed by atoms with van der Waals surface area (Å²) in [6.07, 6.45) is 7.55. The highest BCUT2D eigenvalue weighted by molar-refractivity contribution is 7.80. The molecule has 1 heterocycles. The molecule has 0 saturated heterocycles. The van der Waals surface area contributed by atoms with E-state index in [1.54, 1.807) is 0 Å². The van der Waals surface area contributed by atoms with E-state index in [9.17, 15) is 0 Å². The van der Waals surface area contributed by atoms with Crippen LogP contribution in [0.1, 0.15) is 49.5 Å².